The van der Waals surface area contributed by atoms with Gasteiger partial charge in [-0.2, -0.15) is 0 Å². The summed E-state index contributed by atoms with van der Waals surface area (Å²) in [5.74, 6) is -2.51. The molecule has 11 heteroatoms. The number of carboxylic acid groups (broad SMARTS) is 2. The van der Waals surface area contributed by atoms with Gasteiger partial charge in [-0.3, -0.25) is 0 Å². The molecule has 6 N–H and O–H groups in total. The Morgan fingerprint density at radius 1 is 0.957 bits per heavy atom. The molecule has 23 heavy (non-hydrogen) atoms. The minimum atomic E-state index is -1.26. The van der Waals surface area contributed by atoms with Gasteiger partial charge in [-0.25, -0.2) is 9.97 Å². The maximum atomic E-state index is 10.2. The van der Waals surface area contributed by atoms with E-state index in [0.717, 1.165) is 0 Å². The molecular formula is C12H16MnN6O4. The average Bonchev–Trinajstić information content (AvgIpc) is 3.12. The number of rotatable bonds is 6. The number of hydrogen-bond donors (Lipinski definition) is 4. The number of carboxylic acids is 2. The summed E-state index contributed by atoms with van der Waals surface area (Å²) >= 11 is 0. The number of H-pyrrole nitrogens is 2. The van der Waals surface area contributed by atoms with Crippen LogP contribution in [-0.2, 0) is 39.5 Å². The van der Waals surface area contributed by atoms with Crippen LogP contribution in [0.1, 0.15) is 11.4 Å². The molecule has 2 heterocycles. The first-order valence-electron chi connectivity index (χ1n) is 6.28. The first kappa shape index (κ1) is 20.8. The summed E-state index contributed by atoms with van der Waals surface area (Å²) in [4.78, 5) is 33.3. The molecule has 2 atom stereocenters. The van der Waals surface area contributed by atoms with E-state index in [2.05, 4.69) is 19.9 Å². The number of hydrogen-bond acceptors (Lipinski definition) is 8. The molecule has 0 aliphatic heterocycles. The normalized spacial score (nSPS) is 12.3. The van der Waals surface area contributed by atoms with Crippen LogP contribution < -0.4 is 21.7 Å². The van der Waals surface area contributed by atoms with Gasteiger partial charge in [-0.05, 0) is 0 Å². The van der Waals surface area contributed by atoms with E-state index in [1.807, 2.05) is 0 Å². The van der Waals surface area contributed by atoms with Gasteiger partial charge in [0.15, 0.2) is 0 Å². The SMILES string of the molecule is N[C@@H](Cc1c[nH]cn1)C(=O)[O-].N[C@@H](Cc1c[nH]cn1)C(=O)[O-].[Mn+2]. The Labute approximate surface area is 142 Å². The van der Waals surface area contributed by atoms with E-state index in [0.29, 0.717) is 11.4 Å². The Morgan fingerprint density at radius 3 is 1.52 bits per heavy atom. The summed E-state index contributed by atoms with van der Waals surface area (Å²) in [6.07, 6.45) is 6.54. The van der Waals surface area contributed by atoms with E-state index in [1.54, 1.807) is 12.4 Å². The second-order valence-electron chi connectivity index (χ2n) is 4.38. The van der Waals surface area contributed by atoms with Gasteiger partial charge < -0.3 is 41.2 Å². The maximum absolute atomic E-state index is 10.2. The summed E-state index contributed by atoms with van der Waals surface area (Å²) in [6, 6.07) is -1.95. The fourth-order valence-corrected chi connectivity index (χ4v) is 1.42. The molecule has 1 radical (unpaired) electrons. The Morgan fingerprint density at radius 2 is 1.30 bits per heavy atom. The van der Waals surface area contributed by atoms with Gasteiger partial charge in [-0.15, -0.1) is 0 Å². The Balaban J connectivity index is 0.000000403. The number of aromatic amines is 2. The van der Waals surface area contributed by atoms with Crippen LogP contribution in [0.25, 0.3) is 0 Å². The fourth-order valence-electron chi connectivity index (χ4n) is 1.42. The van der Waals surface area contributed by atoms with Crippen LogP contribution in [-0.4, -0.2) is 44.0 Å². The summed E-state index contributed by atoms with van der Waals surface area (Å²) in [6.45, 7) is 0. The van der Waals surface area contributed by atoms with Crippen molar-refractivity contribution in [3.63, 3.8) is 0 Å². The van der Waals surface area contributed by atoms with E-state index < -0.39 is 24.0 Å². The van der Waals surface area contributed by atoms with Gasteiger partial charge in [0.25, 0.3) is 0 Å². The second kappa shape index (κ2) is 10.5. The number of nitrogens with zero attached hydrogens (tertiary/aromatic N) is 2. The molecule has 10 nitrogen and oxygen atoms in total. The van der Waals surface area contributed by atoms with Crippen molar-refractivity contribution in [2.24, 2.45) is 11.5 Å². The summed E-state index contributed by atoms with van der Waals surface area (Å²) in [5.41, 5.74) is 11.6. The Bertz CT molecular complexity index is 522. The van der Waals surface area contributed by atoms with Crippen LogP contribution in [0.5, 0.6) is 0 Å². The predicted molar refractivity (Wildman–Crippen MR) is 70.5 cm³/mol. The van der Waals surface area contributed by atoms with E-state index in [9.17, 15) is 19.8 Å². The summed E-state index contributed by atoms with van der Waals surface area (Å²) < 4.78 is 0. The van der Waals surface area contributed by atoms with E-state index >= 15 is 0 Å². The van der Waals surface area contributed by atoms with Crippen LogP contribution in [0, 0.1) is 0 Å². The van der Waals surface area contributed by atoms with Crippen LogP contribution >= 0.6 is 0 Å². The number of nitrogens with one attached hydrogen (secondary N) is 2. The fraction of sp³-hybridized carbons (Fsp3) is 0.333. The van der Waals surface area contributed by atoms with Crippen molar-refractivity contribution < 1.29 is 36.9 Å². The molecule has 2 aromatic rings. The number of carbonyl (C=O) groups is 2. The monoisotopic (exact) mass is 363 g/mol. The summed E-state index contributed by atoms with van der Waals surface area (Å²) in [7, 11) is 0. The van der Waals surface area contributed by atoms with Crippen molar-refractivity contribution in [3.8, 4) is 0 Å². The topological polar surface area (TPSA) is 190 Å². The minimum absolute atomic E-state index is 0. The van der Waals surface area contributed by atoms with Crippen molar-refractivity contribution in [1.82, 2.24) is 19.9 Å². The molecule has 0 aliphatic carbocycles. The largest absolute Gasteiger partial charge is 2.00 e. The van der Waals surface area contributed by atoms with Gasteiger partial charge >= 0.3 is 17.1 Å². The standard InChI is InChI=1S/2C6H9N3O2.Mn/c2*7-5(6(10)11)1-4-2-8-3-9-4;/h2*2-3,5H,1,7H2,(H,8,9)(H,10,11);/q;;+2/p-2/t2*5-;/m00./s1. The molecule has 2 rings (SSSR count). The number of carbonyl (C=O) groups excluding carboxylic acids is 2. The molecule has 0 amide bonds. The maximum Gasteiger partial charge on any atom is 2.00 e. The number of nitrogens with two attached hydrogens (primary N) is 2. The Kier molecular flexibility index (Phi) is 9.51. The van der Waals surface area contributed by atoms with Crippen molar-refractivity contribution in [3.05, 3.63) is 36.4 Å². The van der Waals surface area contributed by atoms with Gasteiger partial charge in [0.1, 0.15) is 0 Å². The van der Waals surface area contributed by atoms with Gasteiger partial charge in [0, 0.05) is 37.3 Å². The number of imidazole rings is 2. The van der Waals surface area contributed by atoms with Crippen molar-refractivity contribution in [2.45, 2.75) is 24.9 Å². The smallest absolute Gasteiger partial charge is 0.548 e. The molecular weight excluding hydrogens is 347 g/mol. The third-order valence-electron chi connectivity index (χ3n) is 2.57. The zero-order valence-corrected chi connectivity index (χ0v) is 13.1. The third kappa shape index (κ3) is 8.12. The first-order chi connectivity index (χ1) is 10.4. The van der Waals surface area contributed by atoms with Crippen molar-refractivity contribution in [1.29, 1.82) is 0 Å². The molecule has 0 fully saturated rings. The third-order valence-corrected chi connectivity index (χ3v) is 2.57. The van der Waals surface area contributed by atoms with Gasteiger partial charge in [0.2, 0.25) is 0 Å². The van der Waals surface area contributed by atoms with Crippen LogP contribution in [0.3, 0.4) is 0 Å². The molecule has 0 saturated carbocycles. The first-order valence-corrected chi connectivity index (χ1v) is 6.28. The van der Waals surface area contributed by atoms with E-state index in [-0.39, 0.29) is 29.9 Å². The van der Waals surface area contributed by atoms with Gasteiger partial charge in [0.05, 0.1) is 36.0 Å². The van der Waals surface area contributed by atoms with Crippen LogP contribution in [0.2, 0.25) is 0 Å². The van der Waals surface area contributed by atoms with E-state index in [4.69, 9.17) is 11.5 Å². The van der Waals surface area contributed by atoms with Crippen molar-refractivity contribution >= 4 is 11.9 Å². The second-order valence-corrected chi connectivity index (χ2v) is 4.38. The van der Waals surface area contributed by atoms with Crippen LogP contribution in [0.4, 0.5) is 0 Å². The predicted octanol–water partition coefficient (Wildman–Crippen LogP) is -3.94. The molecule has 125 valence electrons. The molecule has 0 bridgehead atoms. The molecule has 0 aliphatic rings. The molecule has 0 spiro atoms. The average molecular weight is 363 g/mol. The van der Waals surface area contributed by atoms with E-state index in [1.165, 1.54) is 12.7 Å². The Hall–Kier alpha value is -2.20. The number of aromatic nitrogens is 4. The van der Waals surface area contributed by atoms with Gasteiger partial charge in [-0.1, -0.05) is 0 Å². The summed E-state index contributed by atoms with van der Waals surface area (Å²) in [5, 5.41) is 20.3. The zero-order chi connectivity index (χ0) is 16.5. The molecule has 0 aromatic carbocycles. The number of aliphatic carboxylic acids is 2. The quantitative estimate of drug-likeness (QED) is 0.374. The zero-order valence-electron chi connectivity index (χ0n) is 11.9. The minimum Gasteiger partial charge on any atom is -0.548 e. The molecule has 2 aromatic heterocycles. The van der Waals surface area contributed by atoms with Crippen LogP contribution in [0.15, 0.2) is 25.0 Å². The van der Waals surface area contributed by atoms with Crippen molar-refractivity contribution in [2.75, 3.05) is 0 Å². The molecule has 0 unspecified atom stereocenters. The molecule has 0 saturated heterocycles.